The van der Waals surface area contributed by atoms with Gasteiger partial charge in [-0.3, -0.25) is 9.59 Å². The molecule has 0 saturated carbocycles. The molecule has 3 N–H and O–H groups in total. The van der Waals surface area contributed by atoms with E-state index in [-0.39, 0.29) is 29.6 Å². The molecule has 2 aromatic rings. The number of carbonyl (C=O) groups excluding carboxylic acids is 2. The Morgan fingerprint density at radius 3 is 2.18 bits per heavy atom. The lowest BCUT2D eigenvalue weighted by atomic mass is 10.0. The van der Waals surface area contributed by atoms with Crippen molar-refractivity contribution in [3.05, 3.63) is 65.7 Å². The summed E-state index contributed by atoms with van der Waals surface area (Å²) in [5.74, 6) is 0.137. The lowest BCUT2D eigenvalue weighted by Crippen LogP contribution is -2.54. The van der Waals surface area contributed by atoms with E-state index in [4.69, 9.17) is 0 Å². The van der Waals surface area contributed by atoms with E-state index in [1.54, 1.807) is 17.0 Å². The van der Waals surface area contributed by atoms with E-state index in [0.29, 0.717) is 38.2 Å². The van der Waals surface area contributed by atoms with E-state index in [9.17, 15) is 14.7 Å². The molecule has 2 aliphatic rings. The van der Waals surface area contributed by atoms with Gasteiger partial charge in [0.1, 0.15) is 11.8 Å². The fraction of sp³-hybridized carbons (Fsp3) is 0.333. The quantitative estimate of drug-likeness (QED) is 0.747. The van der Waals surface area contributed by atoms with Crippen LogP contribution in [0.5, 0.6) is 5.75 Å². The molecule has 146 valence electrons. The third kappa shape index (κ3) is 3.85. The number of nitrogens with one attached hydrogen (secondary N) is 2. The first-order valence-electron chi connectivity index (χ1n) is 9.55. The first-order valence-corrected chi connectivity index (χ1v) is 9.55. The molecule has 0 bridgehead atoms. The monoisotopic (exact) mass is 380 g/mol. The maximum atomic E-state index is 12.9. The Bertz CT molecular complexity index is 832. The second kappa shape index (κ2) is 8.00. The fourth-order valence-electron chi connectivity index (χ4n) is 3.76. The number of benzene rings is 2. The lowest BCUT2D eigenvalue weighted by Gasteiger charge is -2.36. The highest BCUT2D eigenvalue weighted by Crippen LogP contribution is 2.23. The van der Waals surface area contributed by atoms with Gasteiger partial charge in [-0.15, -0.1) is 0 Å². The summed E-state index contributed by atoms with van der Waals surface area (Å²) in [6, 6.07) is 16.2. The van der Waals surface area contributed by atoms with Gasteiger partial charge in [0.15, 0.2) is 0 Å². The molecular formula is C21H24N4O3. The minimum absolute atomic E-state index is 0.0719. The Hall–Kier alpha value is -2.90. The van der Waals surface area contributed by atoms with Gasteiger partial charge in [0, 0.05) is 37.8 Å². The van der Waals surface area contributed by atoms with Crippen LogP contribution in [0.4, 0.5) is 0 Å². The van der Waals surface area contributed by atoms with E-state index in [1.807, 2.05) is 23.1 Å². The van der Waals surface area contributed by atoms with Gasteiger partial charge in [-0.1, -0.05) is 30.3 Å². The molecular weight excluding hydrogens is 356 g/mol. The molecule has 0 spiro atoms. The summed E-state index contributed by atoms with van der Waals surface area (Å²) in [7, 11) is 0. The fourth-order valence-corrected chi connectivity index (χ4v) is 3.76. The van der Waals surface area contributed by atoms with Crippen molar-refractivity contribution in [1.82, 2.24) is 20.7 Å². The molecule has 0 aliphatic carbocycles. The summed E-state index contributed by atoms with van der Waals surface area (Å²) < 4.78 is 0. The highest BCUT2D eigenvalue weighted by atomic mass is 16.3. The van der Waals surface area contributed by atoms with Crippen molar-refractivity contribution in [3.63, 3.8) is 0 Å². The first-order chi connectivity index (χ1) is 13.6. The SMILES string of the molecule is O=C(c1ccc(O)cc1)N1CCN(C(=O)C2CC(c3ccccc3)NN2)CC1. The lowest BCUT2D eigenvalue weighted by molar-refractivity contribution is -0.134. The highest BCUT2D eigenvalue weighted by molar-refractivity contribution is 5.94. The van der Waals surface area contributed by atoms with Crippen LogP contribution < -0.4 is 10.9 Å². The van der Waals surface area contributed by atoms with Crippen LogP contribution in [0.2, 0.25) is 0 Å². The minimum Gasteiger partial charge on any atom is -0.508 e. The van der Waals surface area contributed by atoms with Gasteiger partial charge in [0.25, 0.3) is 5.91 Å². The van der Waals surface area contributed by atoms with E-state index in [2.05, 4.69) is 23.0 Å². The van der Waals surface area contributed by atoms with Crippen molar-refractivity contribution in [3.8, 4) is 5.75 Å². The summed E-state index contributed by atoms with van der Waals surface area (Å²) in [5.41, 5.74) is 8.04. The Balaban J connectivity index is 1.31. The van der Waals surface area contributed by atoms with Crippen LogP contribution in [-0.2, 0) is 4.79 Å². The molecule has 2 aliphatic heterocycles. The van der Waals surface area contributed by atoms with E-state index in [1.165, 1.54) is 12.1 Å². The zero-order chi connectivity index (χ0) is 19.5. The van der Waals surface area contributed by atoms with Crippen molar-refractivity contribution in [2.24, 2.45) is 0 Å². The normalized spacial score (nSPS) is 22.3. The van der Waals surface area contributed by atoms with E-state index >= 15 is 0 Å². The van der Waals surface area contributed by atoms with Crippen LogP contribution in [0, 0.1) is 0 Å². The maximum absolute atomic E-state index is 12.9. The van der Waals surface area contributed by atoms with Crippen molar-refractivity contribution >= 4 is 11.8 Å². The zero-order valence-corrected chi connectivity index (χ0v) is 15.5. The molecule has 4 rings (SSSR count). The van der Waals surface area contributed by atoms with E-state index < -0.39 is 0 Å². The molecule has 7 heteroatoms. The third-order valence-corrected chi connectivity index (χ3v) is 5.40. The Kier molecular flexibility index (Phi) is 5.27. The summed E-state index contributed by atoms with van der Waals surface area (Å²) in [6.45, 7) is 2.06. The Morgan fingerprint density at radius 2 is 1.50 bits per heavy atom. The zero-order valence-electron chi connectivity index (χ0n) is 15.5. The van der Waals surface area contributed by atoms with Crippen LogP contribution in [-0.4, -0.2) is 58.9 Å². The summed E-state index contributed by atoms with van der Waals surface area (Å²) >= 11 is 0. The van der Waals surface area contributed by atoms with Crippen molar-refractivity contribution in [1.29, 1.82) is 0 Å². The maximum Gasteiger partial charge on any atom is 0.253 e. The second-order valence-corrected chi connectivity index (χ2v) is 7.20. The predicted molar refractivity (Wildman–Crippen MR) is 104 cm³/mol. The number of phenols is 1. The number of nitrogens with zero attached hydrogens (tertiary/aromatic N) is 2. The molecule has 2 aromatic carbocycles. The number of hydrazine groups is 1. The second-order valence-electron chi connectivity index (χ2n) is 7.20. The number of phenolic OH excluding ortho intramolecular Hbond substituents is 1. The number of hydrogen-bond acceptors (Lipinski definition) is 5. The van der Waals surface area contributed by atoms with Gasteiger partial charge >= 0.3 is 0 Å². The predicted octanol–water partition coefficient (Wildman–Crippen LogP) is 1.28. The smallest absolute Gasteiger partial charge is 0.253 e. The highest BCUT2D eigenvalue weighted by Gasteiger charge is 2.34. The molecule has 7 nitrogen and oxygen atoms in total. The van der Waals surface area contributed by atoms with Crippen molar-refractivity contribution in [2.75, 3.05) is 26.2 Å². The topological polar surface area (TPSA) is 84.9 Å². The Labute approximate surface area is 163 Å². The standard InChI is InChI=1S/C21H24N4O3/c26-17-8-6-16(7-9-17)20(27)24-10-12-25(13-11-24)21(28)19-14-18(22-23-19)15-4-2-1-3-5-15/h1-9,18-19,22-23,26H,10-14H2. The molecule has 28 heavy (non-hydrogen) atoms. The van der Waals surface area contributed by atoms with Crippen molar-refractivity contribution < 1.29 is 14.7 Å². The minimum atomic E-state index is -0.260. The van der Waals surface area contributed by atoms with Crippen LogP contribution in [0.15, 0.2) is 54.6 Å². The van der Waals surface area contributed by atoms with Crippen LogP contribution in [0.3, 0.4) is 0 Å². The molecule has 2 unspecified atom stereocenters. The number of carbonyl (C=O) groups is 2. The number of hydrogen-bond donors (Lipinski definition) is 3. The van der Waals surface area contributed by atoms with Gasteiger partial charge in [-0.25, -0.2) is 10.9 Å². The van der Waals surface area contributed by atoms with E-state index in [0.717, 1.165) is 5.56 Å². The summed E-state index contributed by atoms with van der Waals surface area (Å²) in [6.07, 6.45) is 0.704. The molecule has 2 atom stereocenters. The number of amides is 2. The van der Waals surface area contributed by atoms with Gasteiger partial charge in [-0.05, 0) is 36.2 Å². The van der Waals surface area contributed by atoms with Crippen LogP contribution in [0.25, 0.3) is 0 Å². The third-order valence-electron chi connectivity index (χ3n) is 5.40. The average molecular weight is 380 g/mol. The van der Waals surface area contributed by atoms with Gasteiger partial charge in [-0.2, -0.15) is 0 Å². The van der Waals surface area contributed by atoms with Crippen molar-refractivity contribution in [2.45, 2.75) is 18.5 Å². The number of piperazine rings is 1. The summed E-state index contributed by atoms with van der Waals surface area (Å²) in [4.78, 5) is 29.0. The Morgan fingerprint density at radius 1 is 0.857 bits per heavy atom. The molecule has 0 aromatic heterocycles. The average Bonchev–Trinajstić information content (AvgIpc) is 3.24. The van der Waals surface area contributed by atoms with Gasteiger partial charge in [0.2, 0.25) is 5.91 Å². The summed E-state index contributed by atoms with van der Waals surface area (Å²) in [5, 5.41) is 9.36. The van der Waals surface area contributed by atoms with Crippen LogP contribution >= 0.6 is 0 Å². The molecule has 2 amide bonds. The van der Waals surface area contributed by atoms with Crippen LogP contribution in [0.1, 0.15) is 28.4 Å². The number of aromatic hydroxyl groups is 1. The number of rotatable bonds is 3. The molecule has 2 saturated heterocycles. The molecule has 0 radical (unpaired) electrons. The van der Waals surface area contributed by atoms with Gasteiger partial charge < -0.3 is 14.9 Å². The first kappa shape index (κ1) is 18.5. The molecule has 2 fully saturated rings. The van der Waals surface area contributed by atoms with Gasteiger partial charge in [0.05, 0.1) is 0 Å². The largest absolute Gasteiger partial charge is 0.508 e. The molecule has 2 heterocycles.